The third-order valence-corrected chi connectivity index (χ3v) is 3.57. The summed E-state index contributed by atoms with van der Waals surface area (Å²) in [6.45, 7) is 2.26. The van der Waals surface area contributed by atoms with Crippen molar-refractivity contribution in [3.05, 3.63) is 54.1 Å². The van der Waals surface area contributed by atoms with E-state index < -0.39 is 0 Å². The van der Waals surface area contributed by atoms with Crippen molar-refractivity contribution in [3.63, 3.8) is 0 Å². The van der Waals surface area contributed by atoms with Gasteiger partial charge in [0, 0.05) is 18.3 Å². The normalized spacial score (nSPS) is 17.9. The van der Waals surface area contributed by atoms with E-state index in [9.17, 15) is 0 Å². The zero-order valence-corrected chi connectivity index (χ0v) is 9.64. The van der Waals surface area contributed by atoms with Gasteiger partial charge in [-0.25, -0.2) is 0 Å². The lowest BCUT2D eigenvalue weighted by atomic mass is 9.89. The van der Waals surface area contributed by atoms with Crippen LogP contribution in [0.3, 0.4) is 0 Å². The first kappa shape index (κ1) is 9.46. The Morgan fingerprint density at radius 3 is 2.31 bits per heavy atom. The van der Waals surface area contributed by atoms with Crippen LogP contribution in [0, 0.1) is 0 Å². The summed E-state index contributed by atoms with van der Waals surface area (Å²) < 4.78 is 0. The van der Waals surface area contributed by atoms with Crippen molar-refractivity contribution in [2.75, 3.05) is 11.9 Å². The van der Waals surface area contributed by atoms with Gasteiger partial charge in [0.25, 0.3) is 0 Å². The average Bonchev–Trinajstić information content (AvgIpc) is 2.36. The Kier molecular flexibility index (Phi) is 2.00. The van der Waals surface area contributed by atoms with E-state index in [0.29, 0.717) is 6.04 Å². The van der Waals surface area contributed by atoms with Gasteiger partial charge >= 0.3 is 0 Å². The van der Waals surface area contributed by atoms with Crippen molar-refractivity contribution in [2.45, 2.75) is 13.0 Å². The molecule has 0 amide bonds. The largest absolute Gasteiger partial charge is 0.367 e. The summed E-state index contributed by atoms with van der Waals surface area (Å²) >= 11 is 0. The molecule has 0 bridgehead atoms. The number of hydrogen-bond donors (Lipinski definition) is 0. The SMILES string of the molecule is C[C@@H]1c2ccccc2-c2ccccc2N1C. The fourth-order valence-corrected chi connectivity index (χ4v) is 2.53. The van der Waals surface area contributed by atoms with Gasteiger partial charge in [0.2, 0.25) is 0 Å². The number of fused-ring (bicyclic) bond motifs is 3. The van der Waals surface area contributed by atoms with Crippen molar-refractivity contribution in [1.29, 1.82) is 0 Å². The third kappa shape index (κ3) is 1.18. The van der Waals surface area contributed by atoms with Crippen LogP contribution in [0.1, 0.15) is 18.5 Å². The van der Waals surface area contributed by atoms with Crippen LogP contribution < -0.4 is 4.90 Å². The van der Waals surface area contributed by atoms with Crippen molar-refractivity contribution < 1.29 is 0 Å². The molecule has 1 heteroatoms. The summed E-state index contributed by atoms with van der Waals surface area (Å²) in [5.41, 5.74) is 5.47. The summed E-state index contributed by atoms with van der Waals surface area (Å²) in [4.78, 5) is 2.34. The molecule has 1 aliphatic heterocycles. The van der Waals surface area contributed by atoms with Gasteiger partial charge in [-0.15, -0.1) is 0 Å². The molecule has 1 aliphatic rings. The van der Waals surface area contributed by atoms with E-state index in [1.165, 1.54) is 22.4 Å². The minimum absolute atomic E-state index is 0.450. The van der Waals surface area contributed by atoms with E-state index >= 15 is 0 Å². The second-order valence-corrected chi connectivity index (χ2v) is 4.39. The molecule has 0 saturated carbocycles. The van der Waals surface area contributed by atoms with Crippen molar-refractivity contribution >= 4 is 5.69 Å². The van der Waals surface area contributed by atoms with Crippen molar-refractivity contribution in [2.24, 2.45) is 0 Å². The Bertz CT molecular complexity index is 481. The quantitative estimate of drug-likeness (QED) is 0.636. The molecule has 0 saturated heterocycles. The third-order valence-electron chi connectivity index (χ3n) is 3.57. The highest BCUT2D eigenvalue weighted by molar-refractivity contribution is 5.84. The fraction of sp³-hybridized carbons (Fsp3) is 0.200. The van der Waals surface area contributed by atoms with Gasteiger partial charge in [0.05, 0.1) is 6.04 Å². The second kappa shape index (κ2) is 3.38. The Hall–Kier alpha value is -1.76. The lowest BCUT2D eigenvalue weighted by Gasteiger charge is -2.35. The zero-order valence-electron chi connectivity index (χ0n) is 9.64. The van der Waals surface area contributed by atoms with E-state index in [0.717, 1.165) is 0 Å². The van der Waals surface area contributed by atoms with Gasteiger partial charge < -0.3 is 4.90 Å². The van der Waals surface area contributed by atoms with Gasteiger partial charge in [-0.2, -0.15) is 0 Å². The van der Waals surface area contributed by atoms with Crippen LogP contribution in [0.4, 0.5) is 5.69 Å². The molecule has 1 atom stereocenters. The zero-order chi connectivity index (χ0) is 11.1. The van der Waals surface area contributed by atoms with Gasteiger partial charge in [0.1, 0.15) is 0 Å². The van der Waals surface area contributed by atoms with Gasteiger partial charge in [0.15, 0.2) is 0 Å². The van der Waals surface area contributed by atoms with Crippen LogP contribution in [0.25, 0.3) is 11.1 Å². The molecule has 2 aromatic rings. The van der Waals surface area contributed by atoms with E-state index in [1.54, 1.807) is 0 Å². The van der Waals surface area contributed by atoms with Crippen LogP contribution in [-0.4, -0.2) is 7.05 Å². The number of anilines is 1. The molecule has 0 aromatic heterocycles. The smallest absolute Gasteiger partial charge is 0.0517 e. The predicted octanol–water partition coefficient (Wildman–Crippen LogP) is 3.86. The molecule has 0 radical (unpaired) electrons. The van der Waals surface area contributed by atoms with Gasteiger partial charge in [-0.3, -0.25) is 0 Å². The highest BCUT2D eigenvalue weighted by atomic mass is 15.1. The topological polar surface area (TPSA) is 3.24 Å². The Labute approximate surface area is 96.3 Å². The molecule has 1 heterocycles. The van der Waals surface area contributed by atoms with Gasteiger partial charge in [-0.05, 0) is 24.1 Å². The number of rotatable bonds is 0. The van der Waals surface area contributed by atoms with Crippen molar-refractivity contribution in [1.82, 2.24) is 0 Å². The van der Waals surface area contributed by atoms with E-state index in [-0.39, 0.29) is 0 Å². The summed E-state index contributed by atoms with van der Waals surface area (Å²) in [6, 6.07) is 17.8. The van der Waals surface area contributed by atoms with Gasteiger partial charge in [-0.1, -0.05) is 42.5 Å². The Balaban J connectivity index is 2.33. The minimum Gasteiger partial charge on any atom is -0.367 e. The Morgan fingerprint density at radius 1 is 0.875 bits per heavy atom. The highest BCUT2D eigenvalue weighted by Gasteiger charge is 2.24. The molecule has 80 valence electrons. The van der Waals surface area contributed by atoms with Crippen LogP contribution in [0.5, 0.6) is 0 Å². The summed E-state index contributed by atoms with van der Waals surface area (Å²) in [7, 11) is 2.17. The van der Waals surface area contributed by atoms with Crippen LogP contribution in [-0.2, 0) is 0 Å². The van der Waals surface area contributed by atoms with E-state index in [4.69, 9.17) is 0 Å². The van der Waals surface area contributed by atoms with Crippen LogP contribution in [0.2, 0.25) is 0 Å². The maximum atomic E-state index is 2.34. The summed E-state index contributed by atoms with van der Waals surface area (Å²) in [6.07, 6.45) is 0. The lowest BCUT2D eigenvalue weighted by molar-refractivity contribution is 0.732. The maximum absolute atomic E-state index is 2.34. The minimum atomic E-state index is 0.450. The molecule has 2 aromatic carbocycles. The summed E-state index contributed by atoms with van der Waals surface area (Å²) in [5.74, 6) is 0. The number of nitrogens with zero attached hydrogens (tertiary/aromatic N) is 1. The van der Waals surface area contributed by atoms with Crippen LogP contribution in [0.15, 0.2) is 48.5 Å². The summed E-state index contributed by atoms with van der Waals surface area (Å²) in [5, 5.41) is 0. The molecular weight excluding hydrogens is 194 g/mol. The first-order valence-electron chi connectivity index (χ1n) is 5.70. The van der Waals surface area contributed by atoms with E-state index in [2.05, 4.69) is 67.4 Å². The molecular formula is C15H15N. The second-order valence-electron chi connectivity index (χ2n) is 4.39. The van der Waals surface area contributed by atoms with Crippen molar-refractivity contribution in [3.8, 4) is 11.1 Å². The Morgan fingerprint density at radius 2 is 1.50 bits per heavy atom. The highest BCUT2D eigenvalue weighted by Crippen LogP contribution is 2.43. The number of benzene rings is 2. The first-order valence-corrected chi connectivity index (χ1v) is 5.70. The monoisotopic (exact) mass is 209 g/mol. The lowest BCUT2D eigenvalue weighted by Crippen LogP contribution is -2.25. The van der Waals surface area contributed by atoms with Crippen LogP contribution >= 0.6 is 0 Å². The average molecular weight is 209 g/mol. The standard InChI is InChI=1S/C15H15N/c1-11-12-7-3-4-8-13(12)14-9-5-6-10-15(14)16(11)2/h3-11H,1-2H3/t11-/m1/s1. The molecule has 3 rings (SSSR count). The molecule has 0 N–H and O–H groups in total. The fourth-order valence-electron chi connectivity index (χ4n) is 2.53. The molecule has 0 fully saturated rings. The molecule has 1 nitrogen and oxygen atoms in total. The molecule has 16 heavy (non-hydrogen) atoms. The predicted molar refractivity (Wildman–Crippen MR) is 68.7 cm³/mol. The molecule has 0 unspecified atom stereocenters. The molecule has 0 spiro atoms. The number of hydrogen-bond acceptors (Lipinski definition) is 1. The first-order chi connectivity index (χ1) is 7.79. The molecule has 0 aliphatic carbocycles. The number of para-hydroxylation sites is 1. The maximum Gasteiger partial charge on any atom is 0.0517 e. The van der Waals surface area contributed by atoms with E-state index in [1.807, 2.05) is 0 Å².